The molecule has 0 aromatic heterocycles. The fraction of sp³-hybridized carbons (Fsp3) is 1.00. The van der Waals surface area contributed by atoms with E-state index in [1.54, 1.807) is 0 Å². The molecule has 0 spiro atoms. The molecule has 0 heterocycles. The molecule has 0 aromatic rings. The summed E-state index contributed by atoms with van der Waals surface area (Å²) >= 11 is 0. The van der Waals surface area contributed by atoms with E-state index in [-0.39, 0.29) is 0 Å². The lowest BCUT2D eigenvalue weighted by Crippen LogP contribution is -2.27. The summed E-state index contributed by atoms with van der Waals surface area (Å²) in [5.74, 6) is 0.941. The van der Waals surface area contributed by atoms with Crippen LogP contribution < -0.4 is 11.1 Å². The molecule has 1 aliphatic rings. The number of hydrogen-bond acceptors (Lipinski definition) is 2. The first-order valence-corrected chi connectivity index (χ1v) is 6.17. The molecule has 3 N–H and O–H groups in total. The lowest BCUT2D eigenvalue weighted by Gasteiger charge is -2.12. The molecule has 0 aliphatic heterocycles. The average Bonchev–Trinajstić information content (AvgIpc) is 2.50. The highest BCUT2D eigenvalue weighted by atomic mass is 14.9. The van der Waals surface area contributed by atoms with E-state index in [4.69, 9.17) is 5.73 Å². The van der Waals surface area contributed by atoms with Crippen molar-refractivity contribution in [3.63, 3.8) is 0 Å². The Morgan fingerprint density at radius 1 is 1.36 bits per heavy atom. The Kier molecular flexibility index (Phi) is 5.49. The van der Waals surface area contributed by atoms with Gasteiger partial charge in [0.15, 0.2) is 0 Å². The van der Waals surface area contributed by atoms with Crippen LogP contribution in [0.15, 0.2) is 0 Å². The van der Waals surface area contributed by atoms with Gasteiger partial charge in [-0.25, -0.2) is 0 Å². The molecule has 14 heavy (non-hydrogen) atoms. The zero-order valence-electron chi connectivity index (χ0n) is 9.76. The minimum absolute atomic E-state index is 0.376. The van der Waals surface area contributed by atoms with Crippen molar-refractivity contribution in [2.75, 3.05) is 6.54 Å². The molecule has 84 valence electrons. The number of unbranched alkanes of at least 4 members (excludes halogenated alkanes) is 1. The van der Waals surface area contributed by atoms with Gasteiger partial charge < -0.3 is 11.1 Å². The van der Waals surface area contributed by atoms with Crippen LogP contribution in [0.2, 0.25) is 0 Å². The van der Waals surface area contributed by atoms with Crippen molar-refractivity contribution >= 4 is 0 Å². The van der Waals surface area contributed by atoms with Gasteiger partial charge in [0.05, 0.1) is 0 Å². The minimum Gasteiger partial charge on any atom is -0.328 e. The third-order valence-electron chi connectivity index (χ3n) is 3.21. The summed E-state index contributed by atoms with van der Waals surface area (Å²) in [6.07, 6.45) is 7.90. The zero-order chi connectivity index (χ0) is 10.4. The summed E-state index contributed by atoms with van der Waals surface area (Å²) in [6, 6.07) is 1.18. The van der Waals surface area contributed by atoms with E-state index in [1.807, 2.05) is 0 Å². The maximum absolute atomic E-state index is 5.69. The standard InChI is InChI=1S/C12H26N2/c1-10-6-7-12(9-10)14-8-4-3-5-11(2)13/h10-12,14H,3-9,13H2,1-2H3. The third-order valence-corrected chi connectivity index (χ3v) is 3.21. The highest BCUT2D eigenvalue weighted by molar-refractivity contribution is 4.77. The molecule has 1 saturated carbocycles. The smallest absolute Gasteiger partial charge is 0.00696 e. The monoisotopic (exact) mass is 198 g/mol. The van der Waals surface area contributed by atoms with Crippen LogP contribution in [0, 0.1) is 5.92 Å². The Hall–Kier alpha value is -0.0800. The summed E-state index contributed by atoms with van der Waals surface area (Å²) in [5.41, 5.74) is 5.69. The second-order valence-corrected chi connectivity index (χ2v) is 5.04. The number of nitrogens with two attached hydrogens (primary N) is 1. The van der Waals surface area contributed by atoms with E-state index in [9.17, 15) is 0 Å². The second kappa shape index (κ2) is 6.41. The highest BCUT2D eigenvalue weighted by Crippen LogP contribution is 2.24. The van der Waals surface area contributed by atoms with Gasteiger partial charge in [0.1, 0.15) is 0 Å². The second-order valence-electron chi connectivity index (χ2n) is 5.04. The molecular formula is C12H26N2. The Morgan fingerprint density at radius 3 is 2.71 bits per heavy atom. The first-order chi connectivity index (χ1) is 6.68. The van der Waals surface area contributed by atoms with Crippen molar-refractivity contribution in [2.45, 2.75) is 64.5 Å². The van der Waals surface area contributed by atoms with Crippen LogP contribution >= 0.6 is 0 Å². The Morgan fingerprint density at radius 2 is 2.14 bits per heavy atom. The molecule has 1 fully saturated rings. The predicted octanol–water partition coefficient (Wildman–Crippen LogP) is 2.28. The van der Waals surface area contributed by atoms with E-state index < -0.39 is 0 Å². The van der Waals surface area contributed by atoms with Crippen LogP contribution in [0.5, 0.6) is 0 Å². The molecule has 3 atom stereocenters. The third kappa shape index (κ3) is 4.97. The summed E-state index contributed by atoms with van der Waals surface area (Å²) in [6.45, 7) is 5.63. The van der Waals surface area contributed by atoms with Crippen LogP contribution in [0.3, 0.4) is 0 Å². The first kappa shape index (κ1) is 12.0. The van der Waals surface area contributed by atoms with E-state index >= 15 is 0 Å². The van der Waals surface area contributed by atoms with Gasteiger partial charge in [0, 0.05) is 12.1 Å². The van der Waals surface area contributed by atoms with Gasteiger partial charge in [0.25, 0.3) is 0 Å². The molecule has 1 aliphatic carbocycles. The van der Waals surface area contributed by atoms with Gasteiger partial charge in [-0.05, 0) is 51.5 Å². The summed E-state index contributed by atoms with van der Waals surface area (Å²) in [4.78, 5) is 0. The van der Waals surface area contributed by atoms with Crippen molar-refractivity contribution in [1.82, 2.24) is 5.32 Å². The Balaban J connectivity index is 1.89. The van der Waals surface area contributed by atoms with Gasteiger partial charge in [-0.2, -0.15) is 0 Å². The molecule has 0 saturated heterocycles. The molecule has 0 amide bonds. The van der Waals surface area contributed by atoms with Crippen LogP contribution in [0.1, 0.15) is 52.4 Å². The van der Waals surface area contributed by atoms with Gasteiger partial charge in [-0.15, -0.1) is 0 Å². The topological polar surface area (TPSA) is 38.0 Å². The molecule has 2 heteroatoms. The predicted molar refractivity (Wildman–Crippen MR) is 62.3 cm³/mol. The van der Waals surface area contributed by atoms with Gasteiger partial charge in [0.2, 0.25) is 0 Å². The van der Waals surface area contributed by atoms with Crippen molar-refractivity contribution in [1.29, 1.82) is 0 Å². The highest BCUT2D eigenvalue weighted by Gasteiger charge is 2.19. The Bertz CT molecular complexity index is 145. The minimum atomic E-state index is 0.376. The SMILES string of the molecule is CC(N)CCCCNC1CCC(C)C1. The van der Waals surface area contributed by atoms with Gasteiger partial charge in [-0.3, -0.25) is 0 Å². The molecule has 1 rings (SSSR count). The lowest BCUT2D eigenvalue weighted by atomic mass is 10.1. The summed E-state index contributed by atoms with van der Waals surface area (Å²) < 4.78 is 0. The van der Waals surface area contributed by atoms with Crippen molar-refractivity contribution < 1.29 is 0 Å². The lowest BCUT2D eigenvalue weighted by molar-refractivity contribution is 0.481. The van der Waals surface area contributed by atoms with Crippen molar-refractivity contribution in [3.05, 3.63) is 0 Å². The van der Waals surface area contributed by atoms with Crippen LogP contribution in [0.25, 0.3) is 0 Å². The number of hydrogen-bond donors (Lipinski definition) is 2. The molecule has 0 radical (unpaired) electrons. The number of rotatable bonds is 6. The zero-order valence-corrected chi connectivity index (χ0v) is 9.76. The fourth-order valence-electron chi connectivity index (χ4n) is 2.29. The Labute approximate surface area is 88.6 Å². The molecule has 3 unspecified atom stereocenters. The van der Waals surface area contributed by atoms with Crippen LogP contribution in [0.4, 0.5) is 0 Å². The normalized spacial score (nSPS) is 29.4. The quantitative estimate of drug-likeness (QED) is 0.643. The number of nitrogens with one attached hydrogen (secondary N) is 1. The largest absolute Gasteiger partial charge is 0.328 e. The fourth-order valence-corrected chi connectivity index (χ4v) is 2.29. The maximum Gasteiger partial charge on any atom is 0.00696 e. The maximum atomic E-state index is 5.69. The van der Waals surface area contributed by atoms with Gasteiger partial charge in [-0.1, -0.05) is 13.3 Å². The summed E-state index contributed by atoms with van der Waals surface area (Å²) in [5, 5.41) is 3.64. The molecule has 0 bridgehead atoms. The van der Waals surface area contributed by atoms with Gasteiger partial charge >= 0.3 is 0 Å². The van der Waals surface area contributed by atoms with E-state index in [2.05, 4.69) is 19.2 Å². The van der Waals surface area contributed by atoms with Crippen molar-refractivity contribution in [3.8, 4) is 0 Å². The molecular weight excluding hydrogens is 172 g/mol. The van der Waals surface area contributed by atoms with E-state index in [0.717, 1.165) is 12.0 Å². The molecule has 0 aromatic carbocycles. The van der Waals surface area contributed by atoms with E-state index in [0.29, 0.717) is 6.04 Å². The van der Waals surface area contributed by atoms with E-state index in [1.165, 1.54) is 45.1 Å². The van der Waals surface area contributed by atoms with Crippen LogP contribution in [-0.2, 0) is 0 Å². The molecule has 2 nitrogen and oxygen atoms in total. The first-order valence-electron chi connectivity index (χ1n) is 6.17. The van der Waals surface area contributed by atoms with Crippen LogP contribution in [-0.4, -0.2) is 18.6 Å². The summed E-state index contributed by atoms with van der Waals surface area (Å²) in [7, 11) is 0. The van der Waals surface area contributed by atoms with Crippen molar-refractivity contribution in [2.24, 2.45) is 11.7 Å². The average molecular weight is 198 g/mol.